The molecule has 1 saturated heterocycles. The average molecular weight is 254 g/mol. The van der Waals surface area contributed by atoms with E-state index in [9.17, 15) is 4.79 Å². The SMILES string of the molecule is Cc1cc(N2C(=O)OCC2C2CC2)nc(Cl)n1. The molecule has 1 aliphatic heterocycles. The van der Waals surface area contributed by atoms with Gasteiger partial charge in [0.2, 0.25) is 5.28 Å². The molecule has 1 amide bonds. The third-order valence-electron chi connectivity index (χ3n) is 3.13. The highest BCUT2D eigenvalue weighted by Gasteiger charge is 2.44. The number of hydrogen-bond donors (Lipinski definition) is 0. The molecular weight excluding hydrogens is 242 g/mol. The number of anilines is 1. The summed E-state index contributed by atoms with van der Waals surface area (Å²) in [6.07, 6.45) is 1.96. The van der Waals surface area contributed by atoms with Crippen LogP contribution < -0.4 is 4.90 Å². The number of aromatic nitrogens is 2. The third kappa shape index (κ3) is 1.95. The lowest BCUT2D eigenvalue weighted by Gasteiger charge is -2.20. The van der Waals surface area contributed by atoms with Gasteiger partial charge in [-0.05, 0) is 37.3 Å². The van der Waals surface area contributed by atoms with Gasteiger partial charge in [-0.3, -0.25) is 4.90 Å². The molecule has 0 aromatic carbocycles. The Morgan fingerprint density at radius 1 is 1.47 bits per heavy atom. The summed E-state index contributed by atoms with van der Waals surface area (Å²) >= 11 is 5.82. The van der Waals surface area contributed by atoms with Crippen molar-refractivity contribution in [1.82, 2.24) is 9.97 Å². The first-order valence-electron chi connectivity index (χ1n) is 5.62. The second-order valence-electron chi connectivity index (χ2n) is 4.49. The van der Waals surface area contributed by atoms with Crippen LogP contribution in [0.5, 0.6) is 0 Å². The standard InChI is InChI=1S/C11H12ClN3O2/c1-6-4-9(14-10(12)13-6)15-8(7-2-3-7)5-17-11(15)16/h4,7-8H,2-3,5H2,1H3. The molecule has 2 fully saturated rings. The van der Waals surface area contributed by atoms with Crippen LogP contribution in [0.25, 0.3) is 0 Å². The predicted octanol–water partition coefficient (Wildman–Crippen LogP) is 2.17. The van der Waals surface area contributed by atoms with Crippen LogP contribution in [0.15, 0.2) is 6.07 Å². The minimum absolute atomic E-state index is 0.105. The van der Waals surface area contributed by atoms with Crippen LogP contribution in [-0.2, 0) is 4.74 Å². The number of aryl methyl sites for hydroxylation is 1. The van der Waals surface area contributed by atoms with E-state index in [-0.39, 0.29) is 17.4 Å². The Balaban J connectivity index is 1.97. The van der Waals surface area contributed by atoms with Gasteiger partial charge in [0.15, 0.2) is 0 Å². The van der Waals surface area contributed by atoms with Crippen LogP contribution in [0.2, 0.25) is 5.28 Å². The van der Waals surface area contributed by atoms with Gasteiger partial charge in [-0.25, -0.2) is 14.8 Å². The molecule has 0 spiro atoms. The molecular formula is C11H12ClN3O2. The molecule has 1 aromatic rings. The zero-order valence-electron chi connectivity index (χ0n) is 9.39. The lowest BCUT2D eigenvalue weighted by molar-refractivity contribution is 0.178. The minimum Gasteiger partial charge on any atom is -0.447 e. The third-order valence-corrected chi connectivity index (χ3v) is 3.30. The Labute approximate surface area is 104 Å². The molecule has 3 rings (SSSR count). The summed E-state index contributed by atoms with van der Waals surface area (Å²) in [4.78, 5) is 21.4. The highest BCUT2D eigenvalue weighted by molar-refractivity contribution is 6.28. The van der Waals surface area contributed by atoms with Crippen LogP contribution in [0.1, 0.15) is 18.5 Å². The Bertz CT molecular complexity index is 456. The zero-order chi connectivity index (χ0) is 12.0. The van der Waals surface area contributed by atoms with E-state index >= 15 is 0 Å². The molecule has 2 heterocycles. The summed E-state index contributed by atoms with van der Waals surface area (Å²) in [5.41, 5.74) is 0.745. The van der Waals surface area contributed by atoms with E-state index in [0.717, 1.165) is 18.5 Å². The summed E-state index contributed by atoms with van der Waals surface area (Å²) < 4.78 is 5.10. The van der Waals surface area contributed by atoms with Crippen molar-refractivity contribution >= 4 is 23.5 Å². The second-order valence-corrected chi connectivity index (χ2v) is 4.83. The molecule has 1 aliphatic carbocycles. The largest absolute Gasteiger partial charge is 0.447 e. The van der Waals surface area contributed by atoms with Gasteiger partial charge in [0.25, 0.3) is 0 Å². The van der Waals surface area contributed by atoms with Gasteiger partial charge >= 0.3 is 6.09 Å². The van der Waals surface area contributed by atoms with E-state index in [1.54, 1.807) is 11.0 Å². The van der Waals surface area contributed by atoms with Crippen molar-refractivity contribution in [2.75, 3.05) is 11.5 Å². The number of carbonyl (C=O) groups excluding carboxylic acids is 1. The number of carbonyl (C=O) groups is 1. The zero-order valence-corrected chi connectivity index (χ0v) is 10.1. The summed E-state index contributed by atoms with van der Waals surface area (Å²) in [6.45, 7) is 2.27. The van der Waals surface area contributed by atoms with Crippen LogP contribution >= 0.6 is 11.6 Å². The first-order valence-corrected chi connectivity index (χ1v) is 6.00. The molecule has 1 saturated carbocycles. The molecule has 1 unspecified atom stereocenters. The monoisotopic (exact) mass is 253 g/mol. The van der Waals surface area contributed by atoms with Gasteiger partial charge in [-0.15, -0.1) is 0 Å². The molecule has 0 bridgehead atoms. The van der Waals surface area contributed by atoms with Crippen LogP contribution in [0.4, 0.5) is 10.6 Å². The number of nitrogens with zero attached hydrogens (tertiary/aromatic N) is 3. The maximum absolute atomic E-state index is 11.7. The smallest absolute Gasteiger partial charge is 0.415 e. The van der Waals surface area contributed by atoms with Crippen molar-refractivity contribution in [3.05, 3.63) is 17.0 Å². The Kier molecular flexibility index (Phi) is 2.43. The van der Waals surface area contributed by atoms with Crippen molar-refractivity contribution < 1.29 is 9.53 Å². The summed E-state index contributed by atoms with van der Waals surface area (Å²) in [6, 6.07) is 1.86. The summed E-state index contributed by atoms with van der Waals surface area (Å²) in [5.74, 6) is 1.08. The molecule has 0 radical (unpaired) electrons. The number of hydrogen-bond acceptors (Lipinski definition) is 4. The van der Waals surface area contributed by atoms with Crippen molar-refractivity contribution in [2.24, 2.45) is 5.92 Å². The predicted molar refractivity (Wildman–Crippen MR) is 62.1 cm³/mol. The molecule has 90 valence electrons. The van der Waals surface area contributed by atoms with E-state index in [2.05, 4.69) is 9.97 Å². The van der Waals surface area contributed by atoms with Crippen LogP contribution in [-0.4, -0.2) is 28.7 Å². The maximum Gasteiger partial charge on any atom is 0.415 e. The fraction of sp³-hybridized carbons (Fsp3) is 0.545. The number of rotatable bonds is 2. The summed E-state index contributed by atoms with van der Waals surface area (Å²) in [5, 5.41) is 0.161. The Morgan fingerprint density at radius 2 is 2.24 bits per heavy atom. The van der Waals surface area contributed by atoms with E-state index in [1.807, 2.05) is 6.92 Å². The summed E-state index contributed by atoms with van der Waals surface area (Å²) in [7, 11) is 0. The first-order chi connectivity index (χ1) is 8.15. The highest BCUT2D eigenvalue weighted by Crippen LogP contribution is 2.39. The van der Waals surface area contributed by atoms with Gasteiger partial charge in [-0.1, -0.05) is 0 Å². The Hall–Kier alpha value is -1.36. The average Bonchev–Trinajstić information content (AvgIpc) is 3.01. The maximum atomic E-state index is 11.7. The van der Waals surface area contributed by atoms with Crippen molar-refractivity contribution in [3.63, 3.8) is 0 Å². The van der Waals surface area contributed by atoms with E-state index in [1.165, 1.54) is 0 Å². The second kappa shape index (κ2) is 3.84. The number of ether oxygens (including phenoxy) is 1. The van der Waals surface area contributed by atoms with Gasteiger partial charge in [-0.2, -0.15) is 0 Å². The van der Waals surface area contributed by atoms with Gasteiger partial charge in [0.1, 0.15) is 12.4 Å². The molecule has 5 nitrogen and oxygen atoms in total. The van der Waals surface area contributed by atoms with Crippen LogP contribution in [0.3, 0.4) is 0 Å². The van der Waals surface area contributed by atoms with Crippen molar-refractivity contribution in [3.8, 4) is 0 Å². The molecule has 2 aliphatic rings. The minimum atomic E-state index is -0.337. The van der Waals surface area contributed by atoms with E-state index in [0.29, 0.717) is 18.3 Å². The Morgan fingerprint density at radius 3 is 2.88 bits per heavy atom. The van der Waals surface area contributed by atoms with Gasteiger partial charge in [0.05, 0.1) is 6.04 Å². The molecule has 1 atom stereocenters. The quantitative estimate of drug-likeness (QED) is 0.758. The molecule has 6 heteroatoms. The van der Waals surface area contributed by atoms with Gasteiger partial charge < -0.3 is 4.74 Å². The molecule has 17 heavy (non-hydrogen) atoms. The van der Waals surface area contributed by atoms with Gasteiger partial charge in [0, 0.05) is 11.8 Å². The normalized spacial score (nSPS) is 24.0. The number of cyclic esters (lactones) is 1. The lowest BCUT2D eigenvalue weighted by Crippen LogP contribution is -2.35. The molecule has 1 aromatic heterocycles. The fourth-order valence-electron chi connectivity index (χ4n) is 2.17. The van der Waals surface area contributed by atoms with Crippen molar-refractivity contribution in [1.29, 1.82) is 0 Å². The number of halogens is 1. The topological polar surface area (TPSA) is 55.3 Å². The van der Waals surface area contributed by atoms with E-state index < -0.39 is 0 Å². The van der Waals surface area contributed by atoms with E-state index in [4.69, 9.17) is 16.3 Å². The van der Waals surface area contributed by atoms with Crippen LogP contribution in [0, 0.1) is 12.8 Å². The highest BCUT2D eigenvalue weighted by atomic mass is 35.5. The lowest BCUT2D eigenvalue weighted by atomic mass is 10.2. The number of amides is 1. The first kappa shape index (κ1) is 10.8. The fourth-order valence-corrected chi connectivity index (χ4v) is 2.39. The molecule has 0 N–H and O–H groups in total. The van der Waals surface area contributed by atoms with Crippen molar-refractivity contribution in [2.45, 2.75) is 25.8 Å².